The molecule has 1 aliphatic heterocycles. The van der Waals surface area contributed by atoms with Gasteiger partial charge >= 0.3 is 0 Å². The van der Waals surface area contributed by atoms with Crippen molar-refractivity contribution in [3.8, 4) is 5.75 Å². The van der Waals surface area contributed by atoms with Crippen LogP contribution in [0.2, 0.25) is 0 Å². The average molecular weight is 401 g/mol. The van der Waals surface area contributed by atoms with Gasteiger partial charge in [0, 0.05) is 13.0 Å². The summed E-state index contributed by atoms with van der Waals surface area (Å²) in [5.74, 6) is -0.395. The number of amides is 2. The molecular weight excluding hydrogens is 381 g/mol. The number of benzene rings is 2. The molecule has 1 saturated heterocycles. The minimum atomic E-state index is -0.594. The van der Waals surface area contributed by atoms with Crippen LogP contribution in [0.15, 0.2) is 53.5 Å². The zero-order chi connectivity index (χ0) is 20.1. The van der Waals surface area contributed by atoms with E-state index in [1.54, 1.807) is 48.4 Å². The quantitative estimate of drug-likeness (QED) is 0.799. The molecule has 6 nitrogen and oxygen atoms in total. The van der Waals surface area contributed by atoms with Gasteiger partial charge in [0.05, 0.1) is 18.5 Å². The van der Waals surface area contributed by atoms with Crippen LogP contribution in [0.1, 0.15) is 13.3 Å². The number of ether oxygens (including phenoxy) is 1. The highest BCUT2D eigenvalue weighted by molar-refractivity contribution is 8.15. The third-order valence-corrected chi connectivity index (χ3v) is 5.33. The third-order valence-electron chi connectivity index (χ3n) is 4.15. The second kappa shape index (κ2) is 8.88. The topological polar surface area (TPSA) is 71.0 Å². The summed E-state index contributed by atoms with van der Waals surface area (Å²) in [6, 6.07) is 13.1. The van der Waals surface area contributed by atoms with Gasteiger partial charge in [-0.05, 0) is 43.3 Å². The SMILES string of the molecule is CCN1C(=O)[C@H](CC(=O)Nc2ccccc2F)SC1=Nc1ccc(OC)cc1. The van der Waals surface area contributed by atoms with Gasteiger partial charge in [0.1, 0.15) is 16.8 Å². The predicted octanol–water partition coefficient (Wildman–Crippen LogP) is 3.81. The molecule has 0 saturated carbocycles. The third kappa shape index (κ3) is 4.51. The molecule has 146 valence electrons. The number of nitrogens with zero attached hydrogens (tertiary/aromatic N) is 2. The van der Waals surface area contributed by atoms with Crippen LogP contribution < -0.4 is 10.1 Å². The minimum Gasteiger partial charge on any atom is -0.497 e. The number of anilines is 1. The van der Waals surface area contributed by atoms with E-state index < -0.39 is 17.0 Å². The van der Waals surface area contributed by atoms with Gasteiger partial charge < -0.3 is 10.1 Å². The fourth-order valence-corrected chi connectivity index (χ4v) is 3.94. The number of aliphatic imine (C=N–C) groups is 1. The van der Waals surface area contributed by atoms with Crippen molar-refractivity contribution in [2.45, 2.75) is 18.6 Å². The second-order valence-electron chi connectivity index (χ2n) is 6.01. The standard InChI is InChI=1S/C20H20FN3O3S/c1-3-24-19(26)17(12-18(25)23-16-7-5-4-6-15(16)21)28-20(24)22-13-8-10-14(27-2)11-9-13/h4-11,17H,3,12H2,1-2H3,(H,23,25)/t17-/m0/s1. The maximum absolute atomic E-state index is 13.7. The van der Waals surface area contributed by atoms with E-state index in [0.717, 1.165) is 0 Å². The Morgan fingerprint density at radius 1 is 1.25 bits per heavy atom. The Bertz CT molecular complexity index is 902. The highest BCUT2D eigenvalue weighted by Crippen LogP contribution is 2.32. The molecule has 28 heavy (non-hydrogen) atoms. The molecule has 0 bridgehead atoms. The summed E-state index contributed by atoms with van der Waals surface area (Å²) in [6.45, 7) is 2.30. The van der Waals surface area contributed by atoms with Crippen molar-refractivity contribution in [2.75, 3.05) is 19.0 Å². The number of hydrogen-bond donors (Lipinski definition) is 1. The average Bonchev–Trinajstić information content (AvgIpc) is 2.98. The summed E-state index contributed by atoms with van der Waals surface area (Å²) in [4.78, 5) is 31.0. The van der Waals surface area contributed by atoms with Crippen molar-refractivity contribution in [1.82, 2.24) is 4.90 Å². The van der Waals surface area contributed by atoms with Crippen LogP contribution in [0.5, 0.6) is 5.75 Å². The Balaban J connectivity index is 1.71. The molecule has 0 aromatic heterocycles. The van der Waals surface area contributed by atoms with Gasteiger partial charge in [-0.1, -0.05) is 23.9 Å². The summed E-state index contributed by atoms with van der Waals surface area (Å²) >= 11 is 1.24. The Kier molecular flexibility index (Phi) is 6.30. The van der Waals surface area contributed by atoms with E-state index in [1.807, 2.05) is 6.92 Å². The number of hydrogen-bond acceptors (Lipinski definition) is 5. The van der Waals surface area contributed by atoms with Crippen molar-refractivity contribution < 1.29 is 18.7 Å². The number of amidine groups is 1. The first-order valence-corrected chi connectivity index (χ1v) is 9.65. The van der Waals surface area contributed by atoms with Crippen molar-refractivity contribution in [3.05, 3.63) is 54.3 Å². The van der Waals surface area contributed by atoms with Gasteiger partial charge in [0.2, 0.25) is 11.8 Å². The molecule has 1 aliphatic rings. The first-order chi connectivity index (χ1) is 13.5. The molecule has 2 aromatic rings. The normalized spacial score (nSPS) is 17.8. The van der Waals surface area contributed by atoms with Gasteiger partial charge in [-0.15, -0.1) is 0 Å². The van der Waals surface area contributed by atoms with Crippen LogP contribution in [0, 0.1) is 5.82 Å². The number of para-hydroxylation sites is 1. The van der Waals surface area contributed by atoms with E-state index in [9.17, 15) is 14.0 Å². The fourth-order valence-electron chi connectivity index (χ4n) is 2.72. The van der Waals surface area contributed by atoms with Crippen LogP contribution in [0.3, 0.4) is 0 Å². The first kappa shape index (κ1) is 19.9. The lowest BCUT2D eigenvalue weighted by molar-refractivity contribution is -0.128. The zero-order valence-electron chi connectivity index (χ0n) is 15.5. The van der Waals surface area contributed by atoms with Crippen LogP contribution in [0.25, 0.3) is 0 Å². The molecule has 1 heterocycles. The number of halogens is 1. The van der Waals surface area contributed by atoms with Crippen LogP contribution in [-0.4, -0.2) is 40.8 Å². The molecule has 3 rings (SSSR count). The summed E-state index contributed by atoms with van der Waals surface area (Å²) in [6.07, 6.45) is -0.0596. The second-order valence-corrected chi connectivity index (χ2v) is 7.18. The fraction of sp³-hybridized carbons (Fsp3) is 0.250. The van der Waals surface area contributed by atoms with Gasteiger partial charge in [0.25, 0.3) is 0 Å². The highest BCUT2D eigenvalue weighted by Gasteiger charge is 2.38. The summed E-state index contributed by atoms with van der Waals surface area (Å²) < 4.78 is 18.8. The molecule has 0 unspecified atom stereocenters. The smallest absolute Gasteiger partial charge is 0.242 e. The molecule has 1 N–H and O–H groups in total. The summed E-state index contributed by atoms with van der Waals surface area (Å²) in [7, 11) is 1.59. The first-order valence-electron chi connectivity index (χ1n) is 8.77. The monoisotopic (exact) mass is 401 g/mol. The molecule has 0 radical (unpaired) electrons. The molecule has 1 atom stereocenters. The van der Waals surface area contributed by atoms with E-state index in [4.69, 9.17) is 4.74 Å². The van der Waals surface area contributed by atoms with Gasteiger partial charge in [-0.2, -0.15) is 0 Å². The maximum atomic E-state index is 13.7. The van der Waals surface area contributed by atoms with E-state index in [-0.39, 0.29) is 18.0 Å². The van der Waals surface area contributed by atoms with E-state index in [0.29, 0.717) is 23.1 Å². The number of carbonyl (C=O) groups is 2. The van der Waals surface area contributed by atoms with Crippen LogP contribution >= 0.6 is 11.8 Å². The number of methoxy groups -OCH3 is 1. The lowest BCUT2D eigenvalue weighted by Crippen LogP contribution is -2.33. The number of nitrogens with one attached hydrogen (secondary N) is 1. The van der Waals surface area contributed by atoms with Gasteiger partial charge in [0.15, 0.2) is 5.17 Å². The number of thioether (sulfide) groups is 1. The molecule has 0 aliphatic carbocycles. The van der Waals surface area contributed by atoms with E-state index in [1.165, 1.54) is 23.9 Å². The lowest BCUT2D eigenvalue weighted by Gasteiger charge is -2.13. The molecule has 8 heteroatoms. The molecular formula is C20H20FN3O3S. The Hall–Kier alpha value is -2.87. The lowest BCUT2D eigenvalue weighted by atomic mass is 10.2. The van der Waals surface area contributed by atoms with Crippen molar-refractivity contribution in [3.63, 3.8) is 0 Å². The Labute approximate surface area is 166 Å². The highest BCUT2D eigenvalue weighted by atomic mass is 32.2. The summed E-state index contributed by atoms with van der Waals surface area (Å²) in [5, 5.41) is 2.47. The summed E-state index contributed by atoms with van der Waals surface area (Å²) in [5.41, 5.74) is 0.786. The number of carbonyl (C=O) groups excluding carboxylic acids is 2. The van der Waals surface area contributed by atoms with Crippen molar-refractivity contribution in [1.29, 1.82) is 0 Å². The molecule has 0 spiro atoms. The Morgan fingerprint density at radius 2 is 1.96 bits per heavy atom. The molecule has 1 fully saturated rings. The van der Waals surface area contributed by atoms with Crippen molar-refractivity contribution in [2.24, 2.45) is 4.99 Å². The van der Waals surface area contributed by atoms with Crippen molar-refractivity contribution >= 4 is 40.1 Å². The number of rotatable bonds is 6. The minimum absolute atomic E-state index is 0.0596. The predicted molar refractivity (Wildman–Crippen MR) is 109 cm³/mol. The largest absolute Gasteiger partial charge is 0.497 e. The maximum Gasteiger partial charge on any atom is 0.242 e. The van der Waals surface area contributed by atoms with Crippen LogP contribution in [0.4, 0.5) is 15.8 Å². The molecule has 2 amide bonds. The molecule has 2 aromatic carbocycles. The van der Waals surface area contributed by atoms with E-state index >= 15 is 0 Å². The zero-order valence-corrected chi connectivity index (χ0v) is 16.3. The van der Waals surface area contributed by atoms with Gasteiger partial charge in [-0.3, -0.25) is 14.5 Å². The van der Waals surface area contributed by atoms with Crippen LogP contribution in [-0.2, 0) is 9.59 Å². The van der Waals surface area contributed by atoms with Gasteiger partial charge in [-0.25, -0.2) is 9.38 Å². The Morgan fingerprint density at radius 3 is 2.61 bits per heavy atom. The van der Waals surface area contributed by atoms with E-state index in [2.05, 4.69) is 10.3 Å².